The van der Waals surface area contributed by atoms with Crippen molar-refractivity contribution in [2.75, 3.05) is 19.8 Å². The number of aromatic nitrogens is 1. The molecule has 7 heteroatoms. The van der Waals surface area contributed by atoms with E-state index in [0.29, 0.717) is 0 Å². The number of benzene rings is 1. The molecule has 0 aliphatic carbocycles. The predicted molar refractivity (Wildman–Crippen MR) is 92.9 cm³/mol. The van der Waals surface area contributed by atoms with Gasteiger partial charge in [-0.1, -0.05) is 24.3 Å². The number of hydrogen-bond acceptors (Lipinski definition) is 5. The number of aryl methyl sites for hydroxylation is 1. The van der Waals surface area contributed by atoms with Crippen LogP contribution < -0.4 is 5.32 Å². The number of ether oxygens (including phenoxy) is 1. The van der Waals surface area contributed by atoms with E-state index in [1.807, 2.05) is 43.3 Å². The first-order chi connectivity index (χ1) is 12.6. The number of amides is 3. The minimum Gasteiger partial charge on any atom is -0.362 e. The summed E-state index contributed by atoms with van der Waals surface area (Å²) < 4.78 is 4.86. The van der Waals surface area contributed by atoms with Crippen LogP contribution in [0.5, 0.6) is 0 Å². The maximum atomic E-state index is 12.6. The SMILES string of the molecule is Cc1ccccc1[C@@H](NC(=O)CN1C(=O)COCC1=O)c1ccncc1. The highest BCUT2D eigenvalue weighted by molar-refractivity contribution is 6.01. The van der Waals surface area contributed by atoms with Crippen LogP contribution >= 0.6 is 0 Å². The molecule has 0 bridgehead atoms. The van der Waals surface area contributed by atoms with Crippen LogP contribution in [0.15, 0.2) is 48.8 Å². The second kappa shape index (κ2) is 7.88. The summed E-state index contributed by atoms with van der Waals surface area (Å²) in [5.41, 5.74) is 2.82. The zero-order chi connectivity index (χ0) is 18.5. The Morgan fingerprint density at radius 2 is 1.81 bits per heavy atom. The first-order valence-corrected chi connectivity index (χ1v) is 8.22. The topological polar surface area (TPSA) is 88.6 Å². The largest absolute Gasteiger partial charge is 0.362 e. The molecule has 3 amide bonds. The Hall–Kier alpha value is -3.06. The number of morpholine rings is 1. The molecular weight excluding hydrogens is 334 g/mol. The number of nitrogens with zero attached hydrogens (tertiary/aromatic N) is 2. The van der Waals surface area contributed by atoms with E-state index >= 15 is 0 Å². The molecule has 0 spiro atoms. The molecule has 0 unspecified atom stereocenters. The average molecular weight is 353 g/mol. The number of pyridine rings is 1. The first-order valence-electron chi connectivity index (χ1n) is 8.22. The van der Waals surface area contributed by atoms with Gasteiger partial charge in [0.1, 0.15) is 19.8 Å². The molecule has 0 saturated carbocycles. The van der Waals surface area contributed by atoms with Gasteiger partial charge in [0.2, 0.25) is 5.91 Å². The van der Waals surface area contributed by atoms with Gasteiger partial charge in [0.15, 0.2) is 0 Å². The number of rotatable bonds is 5. The van der Waals surface area contributed by atoms with Crippen LogP contribution in [0.3, 0.4) is 0 Å². The van der Waals surface area contributed by atoms with Crippen LogP contribution in [0.2, 0.25) is 0 Å². The Bertz CT molecular complexity index is 807. The molecule has 1 fully saturated rings. The van der Waals surface area contributed by atoms with Gasteiger partial charge in [0.25, 0.3) is 11.8 Å². The Labute approximate surface area is 151 Å². The van der Waals surface area contributed by atoms with Crippen LogP contribution in [0.25, 0.3) is 0 Å². The molecule has 1 aliphatic rings. The van der Waals surface area contributed by atoms with Gasteiger partial charge in [0, 0.05) is 12.4 Å². The lowest BCUT2D eigenvalue weighted by Crippen LogP contribution is -2.50. The highest BCUT2D eigenvalue weighted by Crippen LogP contribution is 2.24. The van der Waals surface area contributed by atoms with Crippen molar-refractivity contribution in [3.8, 4) is 0 Å². The smallest absolute Gasteiger partial charge is 0.255 e. The van der Waals surface area contributed by atoms with E-state index in [2.05, 4.69) is 10.3 Å². The van der Waals surface area contributed by atoms with Crippen molar-refractivity contribution in [2.45, 2.75) is 13.0 Å². The third kappa shape index (κ3) is 3.94. The second-order valence-electron chi connectivity index (χ2n) is 6.00. The van der Waals surface area contributed by atoms with Crippen LogP contribution in [0.1, 0.15) is 22.7 Å². The molecule has 26 heavy (non-hydrogen) atoms. The minimum absolute atomic E-state index is 0.190. The number of carbonyl (C=O) groups is 3. The van der Waals surface area contributed by atoms with Crippen molar-refractivity contribution in [1.29, 1.82) is 0 Å². The van der Waals surface area contributed by atoms with Crippen LogP contribution in [0, 0.1) is 6.92 Å². The van der Waals surface area contributed by atoms with Crippen molar-refractivity contribution < 1.29 is 19.1 Å². The van der Waals surface area contributed by atoms with Gasteiger partial charge >= 0.3 is 0 Å². The van der Waals surface area contributed by atoms with Crippen LogP contribution in [-0.4, -0.2) is 47.4 Å². The summed E-state index contributed by atoms with van der Waals surface area (Å²) in [4.78, 5) is 41.1. The summed E-state index contributed by atoms with van der Waals surface area (Å²) in [5.74, 6) is -1.43. The van der Waals surface area contributed by atoms with E-state index in [1.54, 1.807) is 12.4 Å². The van der Waals surface area contributed by atoms with Crippen molar-refractivity contribution in [1.82, 2.24) is 15.2 Å². The summed E-state index contributed by atoms with van der Waals surface area (Å²) in [6.07, 6.45) is 3.31. The highest BCUT2D eigenvalue weighted by atomic mass is 16.5. The molecule has 134 valence electrons. The summed E-state index contributed by atoms with van der Waals surface area (Å²) in [7, 11) is 0. The number of imide groups is 1. The first kappa shape index (κ1) is 17.8. The van der Waals surface area contributed by atoms with Gasteiger partial charge in [-0.3, -0.25) is 24.3 Å². The van der Waals surface area contributed by atoms with E-state index < -0.39 is 23.8 Å². The van der Waals surface area contributed by atoms with Crippen molar-refractivity contribution in [3.05, 3.63) is 65.5 Å². The lowest BCUT2D eigenvalue weighted by atomic mass is 9.95. The van der Waals surface area contributed by atoms with E-state index in [4.69, 9.17) is 4.74 Å². The summed E-state index contributed by atoms with van der Waals surface area (Å²) in [6, 6.07) is 11.0. The third-order valence-corrected chi connectivity index (χ3v) is 4.20. The molecule has 1 N–H and O–H groups in total. The standard InChI is InChI=1S/C19H19N3O4/c1-13-4-2-3-5-15(13)19(14-6-8-20-9-7-14)21-16(23)10-22-17(24)11-26-12-18(22)25/h2-9,19H,10-12H2,1H3,(H,21,23)/t19-/m0/s1. The molecule has 1 aromatic heterocycles. The molecule has 1 aromatic carbocycles. The van der Waals surface area contributed by atoms with Gasteiger partial charge in [-0.25, -0.2) is 0 Å². The number of carbonyl (C=O) groups excluding carboxylic acids is 3. The average Bonchev–Trinajstić information content (AvgIpc) is 2.64. The van der Waals surface area contributed by atoms with E-state index in [1.165, 1.54) is 0 Å². The van der Waals surface area contributed by atoms with Gasteiger partial charge in [-0.2, -0.15) is 0 Å². The molecule has 2 heterocycles. The molecule has 0 radical (unpaired) electrons. The molecular formula is C19H19N3O4. The van der Waals surface area contributed by atoms with Crippen LogP contribution in [-0.2, 0) is 19.1 Å². The maximum absolute atomic E-state index is 12.6. The molecule has 1 aliphatic heterocycles. The number of hydrogen-bond donors (Lipinski definition) is 1. The fourth-order valence-electron chi connectivity index (χ4n) is 2.85. The molecule has 7 nitrogen and oxygen atoms in total. The quantitative estimate of drug-likeness (QED) is 0.810. The molecule has 1 saturated heterocycles. The van der Waals surface area contributed by atoms with Gasteiger partial charge < -0.3 is 10.1 Å². The van der Waals surface area contributed by atoms with Gasteiger partial charge in [-0.15, -0.1) is 0 Å². The Morgan fingerprint density at radius 3 is 2.46 bits per heavy atom. The van der Waals surface area contributed by atoms with E-state index in [-0.39, 0.29) is 19.8 Å². The van der Waals surface area contributed by atoms with Crippen molar-refractivity contribution in [2.24, 2.45) is 0 Å². The monoisotopic (exact) mass is 353 g/mol. The lowest BCUT2D eigenvalue weighted by molar-refractivity contribution is -0.160. The summed E-state index contributed by atoms with van der Waals surface area (Å²) in [6.45, 7) is 1.26. The Balaban J connectivity index is 1.82. The highest BCUT2D eigenvalue weighted by Gasteiger charge is 2.29. The zero-order valence-electron chi connectivity index (χ0n) is 14.3. The second-order valence-corrected chi connectivity index (χ2v) is 6.00. The fraction of sp³-hybridized carbons (Fsp3) is 0.263. The summed E-state index contributed by atoms with van der Waals surface area (Å²) in [5, 5.41) is 2.93. The molecule has 2 aromatic rings. The molecule has 1 atom stereocenters. The predicted octanol–water partition coefficient (Wildman–Crippen LogP) is 0.981. The fourth-order valence-corrected chi connectivity index (χ4v) is 2.85. The van der Waals surface area contributed by atoms with Gasteiger partial charge in [-0.05, 0) is 35.7 Å². The maximum Gasteiger partial charge on any atom is 0.255 e. The van der Waals surface area contributed by atoms with Crippen LogP contribution in [0.4, 0.5) is 0 Å². The zero-order valence-corrected chi connectivity index (χ0v) is 14.3. The normalized spacial score (nSPS) is 15.7. The Morgan fingerprint density at radius 1 is 1.15 bits per heavy atom. The number of nitrogens with one attached hydrogen (secondary N) is 1. The minimum atomic E-state index is -0.507. The summed E-state index contributed by atoms with van der Waals surface area (Å²) >= 11 is 0. The van der Waals surface area contributed by atoms with E-state index in [0.717, 1.165) is 21.6 Å². The molecule has 3 rings (SSSR count). The van der Waals surface area contributed by atoms with Crippen molar-refractivity contribution >= 4 is 17.7 Å². The van der Waals surface area contributed by atoms with Gasteiger partial charge in [0.05, 0.1) is 6.04 Å². The van der Waals surface area contributed by atoms with E-state index in [9.17, 15) is 14.4 Å². The Kier molecular flexibility index (Phi) is 5.38. The lowest BCUT2D eigenvalue weighted by Gasteiger charge is -2.26. The van der Waals surface area contributed by atoms with Crippen molar-refractivity contribution in [3.63, 3.8) is 0 Å². The third-order valence-electron chi connectivity index (χ3n) is 4.20.